The minimum absolute atomic E-state index is 0.345. The van der Waals surface area contributed by atoms with Crippen LogP contribution in [0.3, 0.4) is 0 Å². The second-order valence-corrected chi connectivity index (χ2v) is 7.77. The van der Waals surface area contributed by atoms with E-state index in [1.54, 1.807) is 24.3 Å². The van der Waals surface area contributed by atoms with Gasteiger partial charge in [0.1, 0.15) is 5.92 Å². The number of hydrogen-bond acceptors (Lipinski definition) is 3. The lowest BCUT2D eigenvalue weighted by atomic mass is 9.80. The Labute approximate surface area is 170 Å². The van der Waals surface area contributed by atoms with Crippen molar-refractivity contribution in [2.24, 2.45) is 5.92 Å². The highest BCUT2D eigenvalue weighted by Gasteiger charge is 2.45. The fraction of sp³-hybridized carbons (Fsp3) is 0.192. The SMILES string of the molecule is CC(C)c1ccc([C@H](C(=O)C2C(=O)c3ccccc3C2=O)c2ccccc2)cc1. The summed E-state index contributed by atoms with van der Waals surface area (Å²) in [5.74, 6) is -2.71. The van der Waals surface area contributed by atoms with Gasteiger partial charge in [-0.3, -0.25) is 14.4 Å². The van der Waals surface area contributed by atoms with E-state index in [0.29, 0.717) is 17.0 Å². The lowest BCUT2D eigenvalue weighted by molar-refractivity contribution is -0.120. The minimum Gasteiger partial charge on any atom is -0.297 e. The van der Waals surface area contributed by atoms with Gasteiger partial charge in [0.25, 0.3) is 0 Å². The molecule has 0 aliphatic heterocycles. The van der Waals surface area contributed by atoms with Gasteiger partial charge in [0.15, 0.2) is 17.3 Å². The van der Waals surface area contributed by atoms with Gasteiger partial charge >= 0.3 is 0 Å². The van der Waals surface area contributed by atoms with Crippen molar-refractivity contribution in [3.05, 3.63) is 107 Å². The van der Waals surface area contributed by atoms with E-state index in [-0.39, 0.29) is 5.78 Å². The van der Waals surface area contributed by atoms with Crippen LogP contribution in [0.5, 0.6) is 0 Å². The maximum Gasteiger partial charge on any atom is 0.181 e. The molecule has 0 aromatic heterocycles. The second-order valence-electron chi connectivity index (χ2n) is 7.77. The molecule has 1 atom stereocenters. The highest BCUT2D eigenvalue weighted by Crippen LogP contribution is 2.35. The molecule has 0 bridgehead atoms. The normalized spacial score (nSPS) is 14.9. The zero-order valence-electron chi connectivity index (χ0n) is 16.5. The third-order valence-electron chi connectivity index (χ3n) is 5.62. The second kappa shape index (κ2) is 7.59. The number of carbonyl (C=O) groups excluding carboxylic acids is 3. The first-order valence-electron chi connectivity index (χ1n) is 9.85. The van der Waals surface area contributed by atoms with Crippen molar-refractivity contribution in [3.63, 3.8) is 0 Å². The van der Waals surface area contributed by atoms with E-state index in [9.17, 15) is 14.4 Å². The summed E-state index contributed by atoms with van der Waals surface area (Å²) in [4.78, 5) is 39.4. The predicted octanol–water partition coefficient (Wildman–Crippen LogP) is 5.21. The average molecular weight is 382 g/mol. The highest BCUT2D eigenvalue weighted by atomic mass is 16.2. The van der Waals surface area contributed by atoms with Crippen LogP contribution in [0.1, 0.15) is 63.1 Å². The van der Waals surface area contributed by atoms with Gasteiger partial charge in [-0.1, -0.05) is 92.7 Å². The van der Waals surface area contributed by atoms with Gasteiger partial charge in [0.2, 0.25) is 0 Å². The fourth-order valence-corrected chi connectivity index (χ4v) is 4.01. The van der Waals surface area contributed by atoms with Crippen LogP contribution < -0.4 is 0 Å². The molecular formula is C26H22O3. The first-order valence-corrected chi connectivity index (χ1v) is 9.85. The van der Waals surface area contributed by atoms with Crippen LogP contribution in [0.2, 0.25) is 0 Å². The Morgan fingerprint density at radius 3 is 1.62 bits per heavy atom. The van der Waals surface area contributed by atoms with Gasteiger partial charge in [-0.25, -0.2) is 0 Å². The summed E-state index contributed by atoms with van der Waals surface area (Å²) in [5.41, 5.74) is 3.44. The van der Waals surface area contributed by atoms with Crippen molar-refractivity contribution >= 4 is 17.3 Å². The average Bonchev–Trinajstić information content (AvgIpc) is 3.00. The summed E-state index contributed by atoms with van der Waals surface area (Å²) in [5, 5.41) is 0. The van der Waals surface area contributed by atoms with E-state index in [2.05, 4.69) is 13.8 Å². The molecule has 3 heteroatoms. The Morgan fingerprint density at radius 2 is 1.10 bits per heavy atom. The Bertz CT molecular complexity index is 1040. The monoisotopic (exact) mass is 382 g/mol. The van der Waals surface area contributed by atoms with E-state index in [1.807, 2.05) is 54.6 Å². The number of ketones is 3. The van der Waals surface area contributed by atoms with E-state index < -0.39 is 23.4 Å². The van der Waals surface area contributed by atoms with Gasteiger partial charge in [0.05, 0.1) is 5.92 Å². The van der Waals surface area contributed by atoms with Crippen LogP contribution in [0, 0.1) is 5.92 Å². The topological polar surface area (TPSA) is 51.2 Å². The molecule has 3 aromatic rings. The first kappa shape index (κ1) is 19.0. The Kier molecular flexibility index (Phi) is 4.98. The van der Waals surface area contributed by atoms with Gasteiger partial charge in [0, 0.05) is 11.1 Å². The largest absolute Gasteiger partial charge is 0.297 e. The number of fused-ring (bicyclic) bond motifs is 1. The lowest BCUT2D eigenvalue weighted by Gasteiger charge is -2.20. The van der Waals surface area contributed by atoms with Crippen molar-refractivity contribution in [2.75, 3.05) is 0 Å². The van der Waals surface area contributed by atoms with E-state index >= 15 is 0 Å². The van der Waals surface area contributed by atoms with Crippen molar-refractivity contribution in [1.29, 1.82) is 0 Å². The maximum atomic E-state index is 13.6. The Morgan fingerprint density at radius 1 is 0.655 bits per heavy atom. The van der Waals surface area contributed by atoms with Crippen LogP contribution >= 0.6 is 0 Å². The van der Waals surface area contributed by atoms with Crippen molar-refractivity contribution < 1.29 is 14.4 Å². The molecule has 0 spiro atoms. The molecule has 0 radical (unpaired) electrons. The molecule has 0 saturated heterocycles. The summed E-state index contributed by atoms with van der Waals surface area (Å²) in [7, 11) is 0. The van der Waals surface area contributed by atoms with Crippen LogP contribution in [0.4, 0.5) is 0 Å². The third-order valence-corrected chi connectivity index (χ3v) is 5.62. The molecule has 0 fully saturated rings. The molecule has 1 aliphatic rings. The van der Waals surface area contributed by atoms with Crippen molar-refractivity contribution in [2.45, 2.75) is 25.7 Å². The molecule has 0 unspecified atom stereocenters. The third kappa shape index (κ3) is 3.33. The molecule has 0 N–H and O–H groups in total. The number of hydrogen-bond donors (Lipinski definition) is 0. The summed E-state index contributed by atoms with van der Waals surface area (Å²) >= 11 is 0. The molecule has 29 heavy (non-hydrogen) atoms. The summed E-state index contributed by atoms with van der Waals surface area (Å²) in [6, 6.07) is 23.9. The van der Waals surface area contributed by atoms with E-state index in [0.717, 1.165) is 11.1 Å². The molecule has 144 valence electrons. The van der Waals surface area contributed by atoms with Crippen LogP contribution in [0.15, 0.2) is 78.9 Å². The number of benzene rings is 3. The molecule has 0 amide bonds. The van der Waals surface area contributed by atoms with Crippen LogP contribution in [-0.4, -0.2) is 17.3 Å². The minimum atomic E-state index is -1.28. The highest BCUT2D eigenvalue weighted by molar-refractivity contribution is 6.36. The van der Waals surface area contributed by atoms with E-state index in [1.165, 1.54) is 5.56 Å². The van der Waals surface area contributed by atoms with Crippen LogP contribution in [0.25, 0.3) is 0 Å². The fourth-order valence-electron chi connectivity index (χ4n) is 4.01. The molecule has 0 heterocycles. The van der Waals surface area contributed by atoms with Gasteiger partial charge in [-0.2, -0.15) is 0 Å². The maximum absolute atomic E-state index is 13.6. The van der Waals surface area contributed by atoms with E-state index in [4.69, 9.17) is 0 Å². The lowest BCUT2D eigenvalue weighted by Crippen LogP contribution is -2.31. The van der Waals surface area contributed by atoms with Gasteiger partial charge < -0.3 is 0 Å². The summed E-state index contributed by atoms with van der Waals surface area (Å²) < 4.78 is 0. The van der Waals surface area contributed by atoms with Gasteiger partial charge in [-0.05, 0) is 22.6 Å². The molecule has 0 saturated carbocycles. The smallest absolute Gasteiger partial charge is 0.181 e. The predicted molar refractivity (Wildman–Crippen MR) is 112 cm³/mol. The Hall–Kier alpha value is -3.33. The molecule has 3 aromatic carbocycles. The first-order chi connectivity index (χ1) is 14.0. The zero-order valence-corrected chi connectivity index (χ0v) is 16.5. The van der Waals surface area contributed by atoms with Crippen molar-refractivity contribution in [1.82, 2.24) is 0 Å². The number of carbonyl (C=O) groups is 3. The molecule has 3 nitrogen and oxygen atoms in total. The molecular weight excluding hydrogens is 360 g/mol. The number of Topliss-reactive ketones (excluding diaryl/α,β-unsaturated/α-hetero) is 3. The Balaban J connectivity index is 1.77. The van der Waals surface area contributed by atoms with Gasteiger partial charge in [-0.15, -0.1) is 0 Å². The summed E-state index contributed by atoms with van der Waals surface area (Å²) in [6.07, 6.45) is 0. The standard InChI is InChI=1S/C26H22O3/c1-16(2)17-12-14-19(15-13-17)22(18-8-4-3-5-9-18)26(29)23-24(27)20-10-6-7-11-21(20)25(23)28/h3-16,22-23H,1-2H3/t22-/m1/s1. The van der Waals surface area contributed by atoms with Crippen molar-refractivity contribution in [3.8, 4) is 0 Å². The van der Waals surface area contributed by atoms with Crippen LogP contribution in [-0.2, 0) is 4.79 Å². The zero-order chi connectivity index (χ0) is 20.5. The molecule has 4 rings (SSSR count). The number of rotatable bonds is 5. The quantitative estimate of drug-likeness (QED) is 0.570. The summed E-state index contributed by atoms with van der Waals surface area (Å²) in [6.45, 7) is 4.23. The molecule has 1 aliphatic carbocycles.